The number of hydrogen-bond donors (Lipinski definition) is 3. The van der Waals surface area contributed by atoms with E-state index in [0.717, 1.165) is 5.69 Å². The first kappa shape index (κ1) is 11.9. The Morgan fingerprint density at radius 1 is 1.29 bits per heavy atom. The molecule has 1 aromatic rings. The molecule has 5 heteroatoms. The summed E-state index contributed by atoms with van der Waals surface area (Å²) in [6, 6.07) is 7.75. The van der Waals surface area contributed by atoms with Crippen LogP contribution in [0.4, 0.5) is 5.69 Å². The molecule has 0 radical (unpaired) electrons. The molecule has 0 saturated heterocycles. The number of rotatable bonds is 3. The minimum atomic E-state index is -0.0877. The lowest BCUT2D eigenvalue weighted by molar-refractivity contribution is 0.0963. The van der Waals surface area contributed by atoms with Gasteiger partial charge in [0, 0.05) is 24.3 Å². The summed E-state index contributed by atoms with van der Waals surface area (Å²) in [6.45, 7) is 0. The molecule has 1 amide bonds. The third kappa shape index (κ3) is 3.42. The van der Waals surface area contributed by atoms with Crippen LogP contribution in [-0.2, 0) is 0 Å². The van der Waals surface area contributed by atoms with Gasteiger partial charge in [-0.3, -0.25) is 4.79 Å². The zero-order valence-electron chi connectivity index (χ0n) is 9.62. The van der Waals surface area contributed by atoms with Crippen molar-refractivity contribution in [1.29, 1.82) is 0 Å². The zero-order chi connectivity index (χ0) is 12.3. The summed E-state index contributed by atoms with van der Waals surface area (Å²) in [5.74, 6) is -0.0877. The van der Waals surface area contributed by atoms with E-state index in [0.29, 0.717) is 16.7 Å². The highest BCUT2D eigenvalue weighted by Gasteiger charge is 2.21. The maximum atomic E-state index is 11.3. The normalized spacial score (nSPS) is 13.9. The lowest BCUT2D eigenvalue weighted by Crippen LogP contribution is -2.30. The molecule has 1 aliphatic carbocycles. The molecule has 3 N–H and O–H groups in total. The fourth-order valence-electron chi connectivity index (χ4n) is 1.43. The van der Waals surface area contributed by atoms with Gasteiger partial charge in [0.1, 0.15) is 0 Å². The minimum absolute atomic E-state index is 0.0877. The first-order valence-corrected chi connectivity index (χ1v) is 5.99. The van der Waals surface area contributed by atoms with Crippen molar-refractivity contribution in [2.75, 3.05) is 12.4 Å². The Hall–Kier alpha value is -1.62. The molecule has 0 atom stereocenters. The molecule has 90 valence electrons. The summed E-state index contributed by atoms with van der Waals surface area (Å²) in [6.07, 6.45) is 2.38. The quantitative estimate of drug-likeness (QED) is 0.711. The predicted octanol–water partition coefficient (Wildman–Crippen LogP) is 1.50. The van der Waals surface area contributed by atoms with Gasteiger partial charge < -0.3 is 16.0 Å². The molecule has 1 aliphatic rings. The zero-order valence-corrected chi connectivity index (χ0v) is 10.4. The Morgan fingerprint density at radius 2 is 1.94 bits per heavy atom. The average molecular weight is 249 g/mol. The van der Waals surface area contributed by atoms with Gasteiger partial charge in [0.2, 0.25) is 0 Å². The van der Waals surface area contributed by atoms with Crippen LogP contribution in [0.3, 0.4) is 0 Å². The fourth-order valence-corrected chi connectivity index (χ4v) is 1.71. The van der Waals surface area contributed by atoms with Gasteiger partial charge in [-0.05, 0) is 49.3 Å². The van der Waals surface area contributed by atoms with Crippen molar-refractivity contribution < 1.29 is 4.79 Å². The standard InChI is InChI=1S/C12H15N3OS/c1-13-11(16)8-2-4-9(5-3-8)14-12(17)15-10-6-7-10/h2-5,10H,6-7H2,1H3,(H,13,16)(H2,14,15,17). The first-order chi connectivity index (χ1) is 8.19. The number of hydrogen-bond acceptors (Lipinski definition) is 2. The molecule has 0 unspecified atom stereocenters. The molecule has 0 aromatic heterocycles. The Morgan fingerprint density at radius 3 is 2.47 bits per heavy atom. The molecule has 0 heterocycles. The Bertz CT molecular complexity index is 426. The van der Waals surface area contributed by atoms with Gasteiger partial charge in [-0.15, -0.1) is 0 Å². The molecular formula is C12H15N3OS. The predicted molar refractivity (Wildman–Crippen MR) is 72.2 cm³/mol. The van der Waals surface area contributed by atoms with Gasteiger partial charge in [0.15, 0.2) is 5.11 Å². The number of benzene rings is 1. The largest absolute Gasteiger partial charge is 0.360 e. The smallest absolute Gasteiger partial charge is 0.251 e. The molecule has 0 bridgehead atoms. The Balaban J connectivity index is 1.92. The molecule has 4 nitrogen and oxygen atoms in total. The number of carbonyl (C=O) groups is 1. The summed E-state index contributed by atoms with van der Waals surface area (Å²) < 4.78 is 0. The van der Waals surface area contributed by atoms with Crippen LogP contribution in [-0.4, -0.2) is 24.1 Å². The molecule has 1 aromatic carbocycles. The number of anilines is 1. The van der Waals surface area contributed by atoms with Gasteiger partial charge in [-0.1, -0.05) is 0 Å². The second-order valence-electron chi connectivity index (χ2n) is 4.03. The van der Waals surface area contributed by atoms with E-state index in [2.05, 4.69) is 16.0 Å². The van der Waals surface area contributed by atoms with Crippen LogP contribution in [0.15, 0.2) is 24.3 Å². The summed E-state index contributed by atoms with van der Waals surface area (Å²) >= 11 is 5.16. The summed E-state index contributed by atoms with van der Waals surface area (Å²) in [5.41, 5.74) is 1.52. The van der Waals surface area contributed by atoms with Crippen molar-refractivity contribution in [3.05, 3.63) is 29.8 Å². The summed E-state index contributed by atoms with van der Waals surface area (Å²) in [4.78, 5) is 11.3. The van der Waals surface area contributed by atoms with Crippen LogP contribution >= 0.6 is 12.2 Å². The number of amides is 1. The Kier molecular flexibility index (Phi) is 3.58. The van der Waals surface area contributed by atoms with Gasteiger partial charge in [-0.2, -0.15) is 0 Å². The van der Waals surface area contributed by atoms with E-state index < -0.39 is 0 Å². The fraction of sp³-hybridized carbons (Fsp3) is 0.333. The highest BCUT2D eigenvalue weighted by atomic mass is 32.1. The number of nitrogens with one attached hydrogen (secondary N) is 3. The van der Waals surface area contributed by atoms with Crippen molar-refractivity contribution in [1.82, 2.24) is 10.6 Å². The molecule has 0 aliphatic heterocycles. The van der Waals surface area contributed by atoms with E-state index in [9.17, 15) is 4.79 Å². The van der Waals surface area contributed by atoms with Crippen LogP contribution in [0.25, 0.3) is 0 Å². The summed E-state index contributed by atoms with van der Waals surface area (Å²) in [7, 11) is 1.61. The minimum Gasteiger partial charge on any atom is -0.360 e. The van der Waals surface area contributed by atoms with E-state index >= 15 is 0 Å². The van der Waals surface area contributed by atoms with E-state index in [1.807, 2.05) is 12.1 Å². The van der Waals surface area contributed by atoms with Crippen LogP contribution in [0.1, 0.15) is 23.2 Å². The number of thiocarbonyl (C=S) groups is 1. The SMILES string of the molecule is CNC(=O)c1ccc(NC(=S)NC2CC2)cc1. The van der Waals surface area contributed by atoms with Crippen LogP contribution in [0.2, 0.25) is 0 Å². The van der Waals surface area contributed by atoms with Crippen LogP contribution < -0.4 is 16.0 Å². The molecule has 1 saturated carbocycles. The van der Waals surface area contributed by atoms with Gasteiger partial charge in [0.05, 0.1) is 0 Å². The monoisotopic (exact) mass is 249 g/mol. The number of carbonyl (C=O) groups excluding carboxylic acids is 1. The van der Waals surface area contributed by atoms with Gasteiger partial charge >= 0.3 is 0 Å². The van der Waals surface area contributed by atoms with Crippen LogP contribution in [0.5, 0.6) is 0 Å². The van der Waals surface area contributed by atoms with Crippen molar-refractivity contribution in [3.8, 4) is 0 Å². The van der Waals surface area contributed by atoms with Crippen molar-refractivity contribution in [3.63, 3.8) is 0 Å². The van der Waals surface area contributed by atoms with Crippen molar-refractivity contribution in [2.24, 2.45) is 0 Å². The summed E-state index contributed by atoms with van der Waals surface area (Å²) in [5, 5.41) is 9.50. The van der Waals surface area contributed by atoms with Crippen LogP contribution in [0, 0.1) is 0 Å². The van der Waals surface area contributed by atoms with Gasteiger partial charge in [-0.25, -0.2) is 0 Å². The van der Waals surface area contributed by atoms with E-state index in [1.54, 1.807) is 19.2 Å². The van der Waals surface area contributed by atoms with E-state index in [4.69, 9.17) is 12.2 Å². The first-order valence-electron chi connectivity index (χ1n) is 5.58. The molecule has 17 heavy (non-hydrogen) atoms. The second-order valence-corrected chi connectivity index (χ2v) is 4.44. The highest BCUT2D eigenvalue weighted by molar-refractivity contribution is 7.80. The second kappa shape index (κ2) is 5.14. The lowest BCUT2D eigenvalue weighted by Gasteiger charge is -2.09. The third-order valence-corrected chi connectivity index (χ3v) is 2.76. The molecule has 0 spiro atoms. The topological polar surface area (TPSA) is 53.2 Å². The third-order valence-electron chi connectivity index (χ3n) is 2.54. The average Bonchev–Trinajstić information content (AvgIpc) is 3.12. The van der Waals surface area contributed by atoms with E-state index in [-0.39, 0.29) is 5.91 Å². The Labute approximate surface area is 106 Å². The maximum Gasteiger partial charge on any atom is 0.251 e. The van der Waals surface area contributed by atoms with E-state index in [1.165, 1.54) is 12.8 Å². The molecule has 1 fully saturated rings. The lowest BCUT2D eigenvalue weighted by atomic mass is 10.2. The van der Waals surface area contributed by atoms with Crippen molar-refractivity contribution in [2.45, 2.75) is 18.9 Å². The van der Waals surface area contributed by atoms with Crippen molar-refractivity contribution >= 4 is 28.9 Å². The molecular weight excluding hydrogens is 234 g/mol. The maximum absolute atomic E-state index is 11.3. The highest BCUT2D eigenvalue weighted by Crippen LogP contribution is 2.19. The van der Waals surface area contributed by atoms with Gasteiger partial charge in [0.25, 0.3) is 5.91 Å². The molecule has 2 rings (SSSR count).